The van der Waals surface area contributed by atoms with Gasteiger partial charge in [0.2, 0.25) is 0 Å². The molecule has 0 saturated heterocycles. The van der Waals surface area contributed by atoms with E-state index in [9.17, 15) is 13.2 Å². The van der Waals surface area contributed by atoms with Crippen molar-refractivity contribution in [2.45, 2.75) is 52.4 Å². The maximum atomic E-state index is 12.2. The van der Waals surface area contributed by atoms with E-state index in [1.54, 1.807) is 24.3 Å². The maximum Gasteiger partial charge on any atom is 0.328 e. The normalized spacial score (nSPS) is 12.0. The van der Waals surface area contributed by atoms with Gasteiger partial charge in [0.15, 0.2) is 0 Å². The van der Waals surface area contributed by atoms with Gasteiger partial charge in [0, 0.05) is 11.6 Å². The lowest BCUT2D eigenvalue weighted by Crippen LogP contribution is -2.39. The standard InChI is InChI=1S/C18H27ClN2O3S/c1-3-5-6-7-8-13-20-18(22)21-25(23,24)14-15(4-2)16-9-11-17(19)12-10-16/h9-12,14H,3-8,13H2,1-2H3,(H2,20,21,22)/b15-14-. The third-order valence-corrected chi connectivity index (χ3v) is 5.01. The number of urea groups is 1. The van der Waals surface area contributed by atoms with Crippen LogP contribution in [0, 0.1) is 0 Å². The number of unbranched alkanes of at least 4 members (excludes halogenated alkanes) is 4. The van der Waals surface area contributed by atoms with Gasteiger partial charge in [0.05, 0.1) is 5.41 Å². The summed E-state index contributed by atoms with van der Waals surface area (Å²) < 4.78 is 26.3. The van der Waals surface area contributed by atoms with Crippen molar-refractivity contribution in [1.82, 2.24) is 10.0 Å². The molecule has 140 valence electrons. The fourth-order valence-corrected chi connectivity index (χ4v) is 3.52. The first kappa shape index (κ1) is 21.5. The molecule has 2 amide bonds. The maximum absolute atomic E-state index is 12.2. The molecule has 0 aliphatic heterocycles. The molecule has 1 rings (SSSR count). The lowest BCUT2D eigenvalue weighted by Gasteiger charge is -2.09. The molecular weight excluding hydrogens is 360 g/mol. The van der Waals surface area contributed by atoms with E-state index in [0.717, 1.165) is 36.7 Å². The number of carbonyl (C=O) groups excluding carboxylic acids is 1. The van der Waals surface area contributed by atoms with Crippen molar-refractivity contribution >= 4 is 33.2 Å². The first-order valence-electron chi connectivity index (χ1n) is 8.65. The largest absolute Gasteiger partial charge is 0.337 e. The Labute approximate surface area is 155 Å². The van der Waals surface area contributed by atoms with Gasteiger partial charge in [-0.1, -0.05) is 63.3 Å². The molecule has 1 aromatic rings. The average Bonchev–Trinajstić information content (AvgIpc) is 2.56. The van der Waals surface area contributed by atoms with Gasteiger partial charge in [-0.25, -0.2) is 17.9 Å². The number of hydrogen-bond acceptors (Lipinski definition) is 3. The monoisotopic (exact) mass is 386 g/mol. The van der Waals surface area contributed by atoms with Gasteiger partial charge in [-0.05, 0) is 36.1 Å². The number of benzene rings is 1. The van der Waals surface area contributed by atoms with Gasteiger partial charge in [-0.2, -0.15) is 0 Å². The second-order valence-electron chi connectivity index (χ2n) is 5.82. The van der Waals surface area contributed by atoms with Crippen LogP contribution in [0.15, 0.2) is 29.7 Å². The number of halogens is 1. The van der Waals surface area contributed by atoms with E-state index in [0.29, 0.717) is 23.6 Å². The number of hydrogen-bond donors (Lipinski definition) is 2. The SMILES string of the molecule is CCCCCCCNC(=O)NS(=O)(=O)/C=C(/CC)c1ccc(Cl)cc1. The summed E-state index contributed by atoms with van der Waals surface area (Å²) in [5.74, 6) is 0. The second-order valence-corrected chi connectivity index (χ2v) is 7.79. The molecule has 0 fully saturated rings. The van der Waals surface area contributed by atoms with Crippen LogP contribution in [0.2, 0.25) is 5.02 Å². The topological polar surface area (TPSA) is 75.3 Å². The van der Waals surface area contributed by atoms with Crippen LogP contribution in [0.3, 0.4) is 0 Å². The zero-order chi connectivity index (χ0) is 18.7. The Hall–Kier alpha value is -1.53. The van der Waals surface area contributed by atoms with E-state index in [1.165, 1.54) is 6.42 Å². The summed E-state index contributed by atoms with van der Waals surface area (Å²) in [5.41, 5.74) is 1.37. The number of amides is 2. The predicted octanol–water partition coefficient (Wildman–Crippen LogP) is 4.69. The lowest BCUT2D eigenvalue weighted by atomic mass is 10.1. The second kappa shape index (κ2) is 11.2. The zero-order valence-corrected chi connectivity index (χ0v) is 16.4. The summed E-state index contributed by atoms with van der Waals surface area (Å²) >= 11 is 5.85. The molecule has 7 heteroatoms. The molecule has 2 N–H and O–H groups in total. The highest BCUT2D eigenvalue weighted by atomic mass is 35.5. The molecule has 0 spiro atoms. The Morgan fingerprint density at radius 2 is 1.72 bits per heavy atom. The molecule has 5 nitrogen and oxygen atoms in total. The highest BCUT2D eigenvalue weighted by Crippen LogP contribution is 2.21. The summed E-state index contributed by atoms with van der Waals surface area (Å²) in [6.45, 7) is 4.46. The molecule has 25 heavy (non-hydrogen) atoms. The summed E-state index contributed by atoms with van der Waals surface area (Å²) in [4.78, 5) is 11.8. The number of nitrogens with one attached hydrogen (secondary N) is 2. The van der Waals surface area contributed by atoms with Crippen molar-refractivity contribution in [3.05, 3.63) is 40.3 Å². The van der Waals surface area contributed by atoms with Crippen LogP contribution in [0.25, 0.3) is 5.57 Å². The quantitative estimate of drug-likeness (QED) is 0.572. The van der Waals surface area contributed by atoms with Crippen molar-refractivity contribution in [3.8, 4) is 0 Å². The fraction of sp³-hybridized carbons (Fsp3) is 0.500. The van der Waals surface area contributed by atoms with E-state index in [-0.39, 0.29) is 0 Å². The Morgan fingerprint density at radius 3 is 2.32 bits per heavy atom. The first-order chi connectivity index (χ1) is 11.9. The Kier molecular flexibility index (Phi) is 9.60. The Bertz CT molecular complexity index is 670. The van der Waals surface area contributed by atoms with Crippen LogP contribution in [-0.2, 0) is 10.0 Å². The summed E-state index contributed by atoms with van der Waals surface area (Å²) in [5, 5.41) is 4.25. The first-order valence-corrected chi connectivity index (χ1v) is 10.6. The van der Waals surface area contributed by atoms with E-state index >= 15 is 0 Å². The molecule has 0 atom stereocenters. The Morgan fingerprint density at radius 1 is 1.08 bits per heavy atom. The molecule has 1 aromatic carbocycles. The minimum Gasteiger partial charge on any atom is -0.337 e. The fourth-order valence-electron chi connectivity index (χ4n) is 2.33. The average molecular weight is 387 g/mol. The van der Waals surface area contributed by atoms with Crippen molar-refractivity contribution < 1.29 is 13.2 Å². The zero-order valence-electron chi connectivity index (χ0n) is 14.8. The van der Waals surface area contributed by atoms with Crippen LogP contribution >= 0.6 is 11.6 Å². The van der Waals surface area contributed by atoms with Crippen LogP contribution in [-0.4, -0.2) is 21.0 Å². The van der Waals surface area contributed by atoms with Gasteiger partial charge >= 0.3 is 6.03 Å². The van der Waals surface area contributed by atoms with Gasteiger partial charge in [-0.3, -0.25) is 0 Å². The van der Waals surface area contributed by atoms with E-state index in [2.05, 4.69) is 12.2 Å². The minimum atomic E-state index is -3.86. The smallest absolute Gasteiger partial charge is 0.328 e. The molecule has 0 radical (unpaired) electrons. The molecule has 0 bridgehead atoms. The highest BCUT2D eigenvalue weighted by Gasteiger charge is 2.13. The van der Waals surface area contributed by atoms with E-state index in [1.807, 2.05) is 11.6 Å². The number of carbonyl (C=O) groups is 1. The molecule has 0 aliphatic rings. The number of sulfonamides is 1. The lowest BCUT2D eigenvalue weighted by molar-refractivity contribution is 0.245. The third-order valence-electron chi connectivity index (χ3n) is 3.69. The van der Waals surface area contributed by atoms with Crippen LogP contribution in [0.4, 0.5) is 4.79 Å². The molecule has 0 heterocycles. The molecule has 0 saturated carbocycles. The third kappa shape index (κ3) is 8.93. The van der Waals surface area contributed by atoms with Gasteiger partial charge in [0.1, 0.15) is 0 Å². The van der Waals surface area contributed by atoms with Gasteiger partial charge in [0.25, 0.3) is 10.0 Å². The molecular formula is C18H27ClN2O3S. The number of allylic oxidation sites excluding steroid dienone is 1. The molecule has 0 aromatic heterocycles. The number of rotatable bonds is 10. The highest BCUT2D eigenvalue weighted by molar-refractivity contribution is 7.93. The van der Waals surface area contributed by atoms with Gasteiger partial charge < -0.3 is 5.32 Å². The van der Waals surface area contributed by atoms with E-state index < -0.39 is 16.1 Å². The summed E-state index contributed by atoms with van der Waals surface area (Å²) in [6.07, 6.45) is 5.84. The van der Waals surface area contributed by atoms with Crippen molar-refractivity contribution in [3.63, 3.8) is 0 Å². The predicted molar refractivity (Wildman–Crippen MR) is 104 cm³/mol. The Balaban J connectivity index is 2.57. The van der Waals surface area contributed by atoms with Crippen LogP contribution in [0.5, 0.6) is 0 Å². The van der Waals surface area contributed by atoms with Crippen molar-refractivity contribution in [1.29, 1.82) is 0 Å². The van der Waals surface area contributed by atoms with Gasteiger partial charge in [-0.15, -0.1) is 0 Å². The van der Waals surface area contributed by atoms with Crippen molar-refractivity contribution in [2.24, 2.45) is 0 Å². The molecule has 0 aliphatic carbocycles. The van der Waals surface area contributed by atoms with Crippen molar-refractivity contribution in [2.75, 3.05) is 6.54 Å². The molecule has 0 unspecified atom stereocenters. The van der Waals surface area contributed by atoms with Crippen LogP contribution < -0.4 is 10.0 Å². The summed E-state index contributed by atoms with van der Waals surface area (Å²) in [6, 6.07) is 6.21. The summed E-state index contributed by atoms with van der Waals surface area (Å²) in [7, 11) is -3.86. The minimum absolute atomic E-state index is 0.465. The van der Waals surface area contributed by atoms with E-state index in [4.69, 9.17) is 11.6 Å². The van der Waals surface area contributed by atoms with Crippen LogP contribution in [0.1, 0.15) is 57.9 Å².